The van der Waals surface area contributed by atoms with Crippen molar-refractivity contribution in [1.29, 1.82) is 0 Å². The first kappa shape index (κ1) is 10.9. The molecule has 1 saturated carbocycles. The van der Waals surface area contributed by atoms with Gasteiger partial charge in [-0.05, 0) is 25.2 Å². The lowest BCUT2D eigenvalue weighted by Crippen LogP contribution is -2.70. The number of carbonyl (C=O) groups is 1. The maximum atomic E-state index is 11.9. The summed E-state index contributed by atoms with van der Waals surface area (Å²) in [7, 11) is 0. The first-order valence-electron chi connectivity index (χ1n) is 6.14. The van der Waals surface area contributed by atoms with E-state index in [1.165, 1.54) is 12.8 Å². The summed E-state index contributed by atoms with van der Waals surface area (Å²) in [5.41, 5.74) is 6.19. The summed E-state index contributed by atoms with van der Waals surface area (Å²) in [6.45, 7) is 5.74. The maximum absolute atomic E-state index is 11.9. The fraction of sp³-hybridized carbons (Fsp3) is 0.917. The lowest BCUT2D eigenvalue weighted by molar-refractivity contribution is -0.143. The Morgan fingerprint density at radius 2 is 2.13 bits per heavy atom. The van der Waals surface area contributed by atoms with E-state index in [0.29, 0.717) is 11.8 Å². The minimum Gasteiger partial charge on any atom is -0.339 e. The van der Waals surface area contributed by atoms with E-state index in [0.717, 1.165) is 25.9 Å². The van der Waals surface area contributed by atoms with Crippen LogP contribution in [0.3, 0.4) is 0 Å². The molecule has 1 heterocycles. The third kappa shape index (κ3) is 2.03. The summed E-state index contributed by atoms with van der Waals surface area (Å²) < 4.78 is 0. The quantitative estimate of drug-likeness (QED) is 0.762. The fourth-order valence-electron chi connectivity index (χ4n) is 2.60. The molecule has 1 aliphatic carbocycles. The van der Waals surface area contributed by atoms with E-state index in [-0.39, 0.29) is 11.5 Å². The molecule has 1 amide bonds. The highest BCUT2D eigenvalue weighted by molar-refractivity contribution is 5.79. The van der Waals surface area contributed by atoms with Gasteiger partial charge in [0.15, 0.2) is 0 Å². The largest absolute Gasteiger partial charge is 0.339 e. The molecule has 3 nitrogen and oxygen atoms in total. The van der Waals surface area contributed by atoms with Crippen molar-refractivity contribution >= 4 is 5.91 Å². The van der Waals surface area contributed by atoms with Crippen LogP contribution in [0.25, 0.3) is 0 Å². The zero-order valence-corrected chi connectivity index (χ0v) is 9.83. The van der Waals surface area contributed by atoms with Gasteiger partial charge in [0, 0.05) is 19.0 Å². The Kier molecular flexibility index (Phi) is 2.75. The zero-order chi connectivity index (χ0) is 11.1. The second-order valence-corrected chi connectivity index (χ2v) is 5.39. The number of rotatable bonds is 4. The predicted molar refractivity (Wildman–Crippen MR) is 60.3 cm³/mol. The van der Waals surface area contributed by atoms with Crippen LogP contribution in [-0.2, 0) is 4.79 Å². The average molecular weight is 210 g/mol. The molecule has 0 spiro atoms. The molecule has 2 N–H and O–H groups in total. The third-order valence-corrected chi connectivity index (χ3v) is 3.82. The van der Waals surface area contributed by atoms with E-state index >= 15 is 0 Å². The van der Waals surface area contributed by atoms with E-state index in [2.05, 4.69) is 6.92 Å². The molecule has 15 heavy (non-hydrogen) atoms. The van der Waals surface area contributed by atoms with Gasteiger partial charge in [-0.2, -0.15) is 0 Å². The fourth-order valence-corrected chi connectivity index (χ4v) is 2.60. The second-order valence-electron chi connectivity index (χ2n) is 5.39. The SMILES string of the molecule is CCCC(C)C(=O)N1CC(N)(C2CC2)C1. The normalized spacial score (nSPS) is 25.9. The molecule has 0 aromatic rings. The third-order valence-electron chi connectivity index (χ3n) is 3.82. The molecule has 0 aromatic carbocycles. The molecule has 3 heteroatoms. The van der Waals surface area contributed by atoms with Crippen molar-refractivity contribution in [2.45, 2.75) is 45.1 Å². The van der Waals surface area contributed by atoms with E-state index in [1.807, 2.05) is 11.8 Å². The summed E-state index contributed by atoms with van der Waals surface area (Å²) in [5.74, 6) is 1.18. The molecule has 0 radical (unpaired) electrons. The topological polar surface area (TPSA) is 46.3 Å². The van der Waals surface area contributed by atoms with Crippen LogP contribution in [0.1, 0.15) is 39.5 Å². The van der Waals surface area contributed by atoms with Gasteiger partial charge in [0.25, 0.3) is 0 Å². The van der Waals surface area contributed by atoms with Crippen molar-refractivity contribution in [3.05, 3.63) is 0 Å². The van der Waals surface area contributed by atoms with Gasteiger partial charge in [0.1, 0.15) is 0 Å². The number of amides is 1. The molecule has 0 bridgehead atoms. The summed E-state index contributed by atoms with van der Waals surface area (Å²) in [4.78, 5) is 13.9. The van der Waals surface area contributed by atoms with E-state index in [1.54, 1.807) is 0 Å². The van der Waals surface area contributed by atoms with Gasteiger partial charge in [0.05, 0.1) is 5.54 Å². The Balaban J connectivity index is 1.80. The monoisotopic (exact) mass is 210 g/mol. The molecule has 2 rings (SSSR count). The molecule has 1 aliphatic heterocycles. The number of nitrogens with two attached hydrogens (primary N) is 1. The zero-order valence-electron chi connectivity index (χ0n) is 9.83. The molecule has 1 unspecified atom stereocenters. The van der Waals surface area contributed by atoms with Crippen molar-refractivity contribution in [3.63, 3.8) is 0 Å². The molecule has 86 valence electrons. The molecule has 2 aliphatic rings. The van der Waals surface area contributed by atoms with E-state index < -0.39 is 0 Å². The highest BCUT2D eigenvalue weighted by atomic mass is 16.2. The van der Waals surface area contributed by atoms with Gasteiger partial charge >= 0.3 is 0 Å². The summed E-state index contributed by atoms with van der Waals surface area (Å²) in [5, 5.41) is 0. The van der Waals surface area contributed by atoms with Gasteiger partial charge in [-0.3, -0.25) is 4.79 Å². The summed E-state index contributed by atoms with van der Waals surface area (Å²) >= 11 is 0. The number of carbonyl (C=O) groups excluding carboxylic acids is 1. The number of hydrogen-bond donors (Lipinski definition) is 1. The van der Waals surface area contributed by atoms with Gasteiger partial charge in [-0.25, -0.2) is 0 Å². The lowest BCUT2D eigenvalue weighted by atomic mass is 9.84. The van der Waals surface area contributed by atoms with Crippen molar-refractivity contribution in [3.8, 4) is 0 Å². The van der Waals surface area contributed by atoms with E-state index in [9.17, 15) is 4.79 Å². The molecule has 2 fully saturated rings. The Labute approximate surface area is 92.0 Å². The second kappa shape index (κ2) is 3.78. The lowest BCUT2D eigenvalue weighted by Gasteiger charge is -2.49. The highest BCUT2D eigenvalue weighted by Gasteiger charge is 2.51. The smallest absolute Gasteiger partial charge is 0.225 e. The van der Waals surface area contributed by atoms with Gasteiger partial charge in [-0.15, -0.1) is 0 Å². The van der Waals surface area contributed by atoms with Crippen LogP contribution in [0.15, 0.2) is 0 Å². The van der Waals surface area contributed by atoms with Crippen molar-refractivity contribution in [1.82, 2.24) is 4.90 Å². The van der Waals surface area contributed by atoms with Crippen LogP contribution in [0.5, 0.6) is 0 Å². The average Bonchev–Trinajstić information content (AvgIpc) is 2.95. The molecule has 1 atom stereocenters. The predicted octanol–water partition coefficient (Wildman–Crippen LogP) is 1.37. The summed E-state index contributed by atoms with van der Waals surface area (Å²) in [6.07, 6.45) is 4.61. The Morgan fingerprint density at radius 3 is 2.60 bits per heavy atom. The summed E-state index contributed by atoms with van der Waals surface area (Å²) in [6, 6.07) is 0. The van der Waals surface area contributed by atoms with Crippen molar-refractivity contribution in [2.24, 2.45) is 17.6 Å². The number of likely N-dealkylation sites (tertiary alicyclic amines) is 1. The van der Waals surface area contributed by atoms with Gasteiger partial charge in [0.2, 0.25) is 5.91 Å². The first-order chi connectivity index (χ1) is 7.07. The van der Waals surface area contributed by atoms with Gasteiger partial charge < -0.3 is 10.6 Å². The van der Waals surface area contributed by atoms with Crippen LogP contribution in [-0.4, -0.2) is 29.4 Å². The van der Waals surface area contributed by atoms with Crippen LogP contribution in [0, 0.1) is 11.8 Å². The first-order valence-corrected chi connectivity index (χ1v) is 6.14. The van der Waals surface area contributed by atoms with E-state index in [4.69, 9.17) is 5.73 Å². The van der Waals surface area contributed by atoms with Crippen LogP contribution in [0.2, 0.25) is 0 Å². The minimum atomic E-state index is -0.0262. The van der Waals surface area contributed by atoms with Gasteiger partial charge in [-0.1, -0.05) is 20.3 Å². The number of nitrogens with zero attached hydrogens (tertiary/aromatic N) is 1. The number of hydrogen-bond acceptors (Lipinski definition) is 2. The molecule has 0 aromatic heterocycles. The Bertz CT molecular complexity index is 254. The standard InChI is InChI=1S/C12H22N2O/c1-3-4-9(2)11(15)14-7-12(13,8-14)10-5-6-10/h9-10H,3-8,13H2,1-2H3. The van der Waals surface area contributed by atoms with Crippen LogP contribution < -0.4 is 5.73 Å². The van der Waals surface area contributed by atoms with Crippen molar-refractivity contribution in [2.75, 3.05) is 13.1 Å². The van der Waals surface area contributed by atoms with Crippen LogP contribution in [0.4, 0.5) is 0 Å². The highest BCUT2D eigenvalue weighted by Crippen LogP contribution is 2.43. The molecular formula is C12H22N2O. The van der Waals surface area contributed by atoms with Crippen molar-refractivity contribution < 1.29 is 4.79 Å². The molecular weight excluding hydrogens is 188 g/mol. The minimum absolute atomic E-state index is 0.0262. The Morgan fingerprint density at radius 1 is 1.53 bits per heavy atom. The Hall–Kier alpha value is -0.570. The van der Waals surface area contributed by atoms with Crippen LogP contribution >= 0.6 is 0 Å². The maximum Gasteiger partial charge on any atom is 0.225 e. The molecule has 1 saturated heterocycles.